The Labute approximate surface area is 418 Å². The summed E-state index contributed by atoms with van der Waals surface area (Å²) in [5.41, 5.74) is 4.83. The summed E-state index contributed by atoms with van der Waals surface area (Å²) in [6, 6.07) is 1.28. The number of nitrogens with zero attached hydrogens (tertiary/aromatic N) is 2. The van der Waals surface area contributed by atoms with Gasteiger partial charge in [-0.15, -0.1) is 0 Å². The van der Waals surface area contributed by atoms with Crippen LogP contribution in [-0.2, 0) is 51.1 Å². The third kappa shape index (κ3) is 25.4. The van der Waals surface area contributed by atoms with Crippen molar-refractivity contribution in [3.63, 3.8) is 0 Å². The molecule has 0 aliphatic carbocycles. The number of aromatic nitrogens is 2. The minimum Gasteiger partial charge on any atom is -0.462 e. The summed E-state index contributed by atoms with van der Waals surface area (Å²) >= 11 is 0. The van der Waals surface area contributed by atoms with Gasteiger partial charge in [0.1, 0.15) is 30.9 Å². The van der Waals surface area contributed by atoms with Crippen molar-refractivity contribution in [1.82, 2.24) is 9.55 Å². The number of phosphoric acid groups is 2. The normalized spacial score (nSPS) is 29.3. The van der Waals surface area contributed by atoms with Crippen molar-refractivity contribution in [2.75, 3.05) is 25.6 Å². The number of allylic oxidation sites excluding steroid dienone is 3. The second kappa shape index (κ2) is 33.4. The fraction of sp³-hybridized carbons (Fsp3) is 0.735. The molecular formula is C49H81N3O17P2. The number of ketones is 1. The summed E-state index contributed by atoms with van der Waals surface area (Å²) in [5.74, 6) is -3.93. The molecule has 1 aromatic rings. The Kier molecular flexibility index (Phi) is 29.2. The van der Waals surface area contributed by atoms with Crippen LogP contribution in [0.25, 0.3) is 0 Å². The Hall–Kier alpha value is -3.39. The van der Waals surface area contributed by atoms with Crippen LogP contribution in [0.15, 0.2) is 53.5 Å². The van der Waals surface area contributed by atoms with Gasteiger partial charge in [0, 0.05) is 25.0 Å². The van der Waals surface area contributed by atoms with Gasteiger partial charge in [-0.3, -0.25) is 28.0 Å². The molecule has 3 heterocycles. The van der Waals surface area contributed by atoms with Crippen LogP contribution in [0.2, 0.25) is 0 Å². The lowest BCUT2D eigenvalue weighted by Crippen LogP contribution is -2.49. The molecule has 2 aliphatic rings. The molecule has 71 heavy (non-hydrogen) atoms. The summed E-state index contributed by atoms with van der Waals surface area (Å²) in [4.78, 5) is 77.9. The van der Waals surface area contributed by atoms with E-state index in [-0.39, 0.29) is 25.1 Å². The average molecular weight is 1050 g/mol. The molecule has 0 aromatic carbocycles. The number of rotatable bonds is 22. The molecular weight excluding hydrogens is 964 g/mol. The van der Waals surface area contributed by atoms with Crippen molar-refractivity contribution in [2.45, 2.75) is 192 Å². The second-order valence-corrected chi connectivity index (χ2v) is 21.9. The zero-order valence-corrected chi connectivity index (χ0v) is 43.6. The van der Waals surface area contributed by atoms with E-state index in [4.69, 9.17) is 29.0 Å². The summed E-state index contributed by atoms with van der Waals surface area (Å²) in [7, 11) is -11.2. The number of nitrogen functional groups attached to an aromatic ring is 1. The van der Waals surface area contributed by atoms with Gasteiger partial charge in [0.05, 0.1) is 31.3 Å². The van der Waals surface area contributed by atoms with Crippen molar-refractivity contribution in [1.29, 1.82) is 0 Å². The smallest absolute Gasteiger partial charge is 0.462 e. The second-order valence-electron chi connectivity index (χ2n) is 18.8. The van der Waals surface area contributed by atoms with E-state index < -0.39 is 107 Å². The standard InChI is InChI=1S/C49H81N3O17P2/c1-4-5-17-24-38(53)28-29-40-41(54)30-27-37-23-19-15-16-20-25-44(55)64-33-39(67-45(56)26-21-14-12-10-8-6-7-9-11-13-18-22-36(2)3)34-65-70(60,61)69-71(62,63)66-35-42(47(58)46(40)57)68-48(37)52-32-31-43(50)51-49(52)59/h15,19,27-32,36-40,42,46-48,53,57-58H,4-14,16-18,20-26,33-35H2,1-3H3,(H,60,61)(H,62,63)(H2,50,51,59)/b19-15-,29-28?,30-27-/t37-,38-,39+,40-,42+,46-,47+,48+/m0/s1. The largest absolute Gasteiger partial charge is 0.481 e. The number of aliphatic hydroxyl groups is 3. The summed E-state index contributed by atoms with van der Waals surface area (Å²) in [6.45, 7) is 3.84. The first-order valence-electron chi connectivity index (χ1n) is 25.4. The molecule has 0 fully saturated rings. The van der Waals surface area contributed by atoms with E-state index in [1.165, 1.54) is 75.4 Å². The summed E-state index contributed by atoms with van der Waals surface area (Å²) in [5, 5.41) is 33.8. The highest BCUT2D eigenvalue weighted by atomic mass is 31.3. The number of nitrogens with two attached hydrogens (primary N) is 1. The zero-order chi connectivity index (χ0) is 52.2. The molecule has 1 aromatic heterocycles. The van der Waals surface area contributed by atoms with Gasteiger partial charge in [-0.25, -0.2) is 13.9 Å². The van der Waals surface area contributed by atoms with Gasteiger partial charge >= 0.3 is 33.3 Å². The molecule has 2 bridgehead atoms. The first-order chi connectivity index (χ1) is 33.8. The number of unbranched alkanes of at least 4 members (excludes halogenated alkanes) is 12. The van der Waals surface area contributed by atoms with Gasteiger partial charge in [0.25, 0.3) is 0 Å². The summed E-state index contributed by atoms with van der Waals surface area (Å²) < 4.78 is 59.1. The number of hydrogen-bond acceptors (Lipinski definition) is 17. The minimum absolute atomic E-state index is 0.0110. The van der Waals surface area contributed by atoms with Crippen molar-refractivity contribution in [3.8, 4) is 0 Å². The van der Waals surface area contributed by atoms with Crippen molar-refractivity contribution >= 4 is 39.2 Å². The van der Waals surface area contributed by atoms with Gasteiger partial charge < -0.3 is 45.1 Å². The van der Waals surface area contributed by atoms with Gasteiger partial charge in [0.2, 0.25) is 0 Å². The Morgan fingerprint density at radius 1 is 0.887 bits per heavy atom. The zero-order valence-electron chi connectivity index (χ0n) is 41.8. The quantitative estimate of drug-likeness (QED) is 0.0278. The first-order valence-corrected chi connectivity index (χ1v) is 28.4. The molecule has 10 atom stereocenters. The molecule has 0 saturated heterocycles. The Morgan fingerprint density at radius 2 is 1.52 bits per heavy atom. The number of cyclic esters (lactones) is 1. The maximum Gasteiger partial charge on any atom is 0.481 e. The van der Waals surface area contributed by atoms with Gasteiger partial charge in [0.15, 0.2) is 11.9 Å². The van der Waals surface area contributed by atoms with Crippen molar-refractivity contribution < 1.29 is 76.2 Å². The molecule has 2 unspecified atom stereocenters. The molecule has 2 aliphatic heterocycles. The number of fused-ring (bicyclic) bond motifs is 3. The fourth-order valence-electron chi connectivity index (χ4n) is 8.06. The highest BCUT2D eigenvalue weighted by Crippen LogP contribution is 2.60. The van der Waals surface area contributed by atoms with E-state index >= 15 is 0 Å². The number of hydrogen-bond donors (Lipinski definition) is 6. The number of esters is 2. The molecule has 0 saturated carbocycles. The molecule has 22 heteroatoms. The predicted molar refractivity (Wildman–Crippen MR) is 265 cm³/mol. The minimum atomic E-state index is -5.67. The van der Waals surface area contributed by atoms with Crippen LogP contribution in [0.3, 0.4) is 0 Å². The number of anilines is 1. The van der Waals surface area contributed by atoms with Crippen LogP contribution >= 0.6 is 15.6 Å². The van der Waals surface area contributed by atoms with Crippen LogP contribution in [-0.4, -0.2) is 103 Å². The van der Waals surface area contributed by atoms with Crippen LogP contribution in [0.1, 0.15) is 162 Å². The van der Waals surface area contributed by atoms with Crippen LogP contribution in [0.4, 0.5) is 5.82 Å². The SMILES string of the molecule is CCCCC[C@H](O)C=C[C@H]1C(=O)/C=C\[C@@H]2C/C=C\CCCC(=O)OC[C@@H](OC(=O)CCCCCCCCCCCCCC(C)C)COP(=O)(O)OP(=O)(O)OC[C@@H](O[C@H]2n2ccc(N)nc2=O)[C@@H](O)[C@H]1O. The van der Waals surface area contributed by atoms with Gasteiger partial charge in [-0.05, 0) is 50.2 Å². The maximum atomic E-state index is 13.8. The number of phosphoric ester groups is 2. The Balaban J connectivity index is 1.80. The maximum absolute atomic E-state index is 13.8. The third-order valence-corrected chi connectivity index (χ3v) is 14.7. The molecule has 0 amide bonds. The highest BCUT2D eigenvalue weighted by molar-refractivity contribution is 7.61. The molecule has 404 valence electrons. The lowest BCUT2D eigenvalue weighted by Gasteiger charge is -2.36. The highest BCUT2D eigenvalue weighted by Gasteiger charge is 2.42. The summed E-state index contributed by atoms with van der Waals surface area (Å²) in [6.07, 6.45) is 16.3. The molecule has 7 N–H and O–H groups in total. The molecule has 0 spiro atoms. The number of carbonyl (C=O) groups is 3. The number of carbonyl (C=O) groups excluding carboxylic acids is 3. The predicted octanol–water partition coefficient (Wildman–Crippen LogP) is 7.86. The topological polar surface area (TPSA) is 303 Å². The van der Waals surface area contributed by atoms with E-state index in [2.05, 4.69) is 23.1 Å². The first kappa shape index (κ1) is 61.9. The van der Waals surface area contributed by atoms with Crippen LogP contribution in [0.5, 0.6) is 0 Å². The van der Waals surface area contributed by atoms with Gasteiger partial charge in [-0.2, -0.15) is 9.29 Å². The Morgan fingerprint density at radius 3 is 2.17 bits per heavy atom. The van der Waals surface area contributed by atoms with Crippen molar-refractivity contribution in [2.24, 2.45) is 17.8 Å². The van der Waals surface area contributed by atoms with E-state index in [1.54, 1.807) is 12.2 Å². The van der Waals surface area contributed by atoms with Gasteiger partial charge in [-0.1, -0.05) is 141 Å². The third-order valence-electron chi connectivity index (χ3n) is 12.1. The van der Waals surface area contributed by atoms with E-state index in [1.807, 2.05) is 6.92 Å². The molecule has 20 nitrogen and oxygen atoms in total. The van der Waals surface area contributed by atoms with Crippen molar-refractivity contribution in [3.05, 3.63) is 59.2 Å². The Bertz CT molecular complexity index is 2000. The van der Waals surface area contributed by atoms with Crippen LogP contribution in [0, 0.1) is 17.8 Å². The van der Waals surface area contributed by atoms with E-state index in [0.717, 1.165) is 55.1 Å². The number of aliphatic hydroxyl groups excluding tert-OH is 3. The van der Waals surface area contributed by atoms with Crippen LogP contribution < -0.4 is 11.4 Å². The fourth-order valence-corrected chi connectivity index (χ4v) is 10.2. The van der Waals surface area contributed by atoms with E-state index in [0.29, 0.717) is 32.1 Å². The average Bonchev–Trinajstić information content (AvgIpc) is 3.30. The lowest BCUT2D eigenvalue weighted by molar-refractivity contribution is -0.167. The lowest BCUT2D eigenvalue weighted by atomic mass is 9.88. The monoisotopic (exact) mass is 1050 g/mol. The molecule has 0 radical (unpaired) electrons. The molecule has 3 rings (SSSR count). The van der Waals surface area contributed by atoms with E-state index in [9.17, 15) is 53.4 Å². The number of ether oxygens (including phenoxy) is 3.